The summed E-state index contributed by atoms with van der Waals surface area (Å²) in [6.45, 7) is 2.68. The lowest BCUT2D eigenvalue weighted by Gasteiger charge is -2.36. The topological polar surface area (TPSA) is 29.3 Å². The van der Waals surface area contributed by atoms with Crippen LogP contribution in [0.15, 0.2) is 27.6 Å². The Balaban J connectivity index is 2.19. The van der Waals surface area contributed by atoms with Gasteiger partial charge in [-0.05, 0) is 40.9 Å². The first-order chi connectivity index (χ1) is 9.82. The van der Waals surface area contributed by atoms with E-state index in [0.717, 1.165) is 15.1 Å². The molecule has 0 saturated heterocycles. The van der Waals surface area contributed by atoms with Gasteiger partial charge in [0.1, 0.15) is 0 Å². The summed E-state index contributed by atoms with van der Waals surface area (Å²) in [6, 6.07) is 3.84. The van der Waals surface area contributed by atoms with E-state index in [0.29, 0.717) is 13.1 Å². The van der Waals surface area contributed by atoms with Crippen molar-refractivity contribution < 1.29 is 13.2 Å². The maximum absolute atomic E-state index is 12.7. The van der Waals surface area contributed by atoms with E-state index in [4.69, 9.17) is 5.73 Å². The Morgan fingerprint density at radius 3 is 2.57 bits per heavy atom. The standard InChI is InChI=1S/C14H18BrF3N2S/c1-2-10(19)13(11-3-4-12(15)21-11)20-7-5-9(6-8-20)14(16,17)18/h3-5,10,13H,2,6-8,19H2,1H3. The minimum Gasteiger partial charge on any atom is -0.326 e. The normalized spacial score (nSPS) is 20.2. The maximum atomic E-state index is 12.7. The van der Waals surface area contributed by atoms with E-state index in [1.807, 2.05) is 24.0 Å². The molecule has 2 rings (SSSR count). The molecule has 21 heavy (non-hydrogen) atoms. The van der Waals surface area contributed by atoms with E-state index in [1.54, 1.807) is 11.3 Å². The van der Waals surface area contributed by atoms with Crippen LogP contribution in [0.4, 0.5) is 13.2 Å². The van der Waals surface area contributed by atoms with Crippen LogP contribution >= 0.6 is 27.3 Å². The number of nitrogens with zero attached hydrogens (tertiary/aromatic N) is 1. The number of hydrogen-bond donors (Lipinski definition) is 1. The Bertz CT molecular complexity index is 513. The molecule has 2 heterocycles. The van der Waals surface area contributed by atoms with Crippen LogP contribution in [0.2, 0.25) is 0 Å². The van der Waals surface area contributed by atoms with Crippen molar-refractivity contribution >= 4 is 27.3 Å². The largest absolute Gasteiger partial charge is 0.412 e. The number of alkyl halides is 3. The molecular formula is C14H18BrF3N2S. The molecule has 1 aliphatic rings. The van der Waals surface area contributed by atoms with Gasteiger partial charge in [0.05, 0.1) is 9.83 Å². The number of hydrogen-bond acceptors (Lipinski definition) is 3. The van der Waals surface area contributed by atoms with Gasteiger partial charge in [0, 0.05) is 29.6 Å². The van der Waals surface area contributed by atoms with Crippen LogP contribution in [-0.2, 0) is 0 Å². The van der Waals surface area contributed by atoms with Crippen molar-refractivity contribution in [3.05, 3.63) is 32.4 Å². The molecule has 0 amide bonds. The lowest BCUT2D eigenvalue weighted by molar-refractivity contribution is -0.0965. The first kappa shape index (κ1) is 17.0. The SMILES string of the molecule is CCC(N)C(c1ccc(Br)s1)N1CC=C(C(F)(F)F)CC1. The molecule has 0 saturated carbocycles. The zero-order chi connectivity index (χ0) is 15.6. The van der Waals surface area contributed by atoms with Crippen LogP contribution in [0.25, 0.3) is 0 Å². The van der Waals surface area contributed by atoms with Crippen molar-refractivity contribution in [3.63, 3.8) is 0 Å². The molecule has 1 aliphatic heterocycles. The van der Waals surface area contributed by atoms with Gasteiger partial charge in [0.25, 0.3) is 0 Å². The Morgan fingerprint density at radius 2 is 2.14 bits per heavy atom. The van der Waals surface area contributed by atoms with E-state index in [-0.39, 0.29) is 18.5 Å². The van der Waals surface area contributed by atoms with Crippen molar-refractivity contribution in [2.45, 2.75) is 38.0 Å². The van der Waals surface area contributed by atoms with Crippen molar-refractivity contribution in [1.82, 2.24) is 4.90 Å². The van der Waals surface area contributed by atoms with Crippen LogP contribution in [0.5, 0.6) is 0 Å². The molecule has 0 aliphatic carbocycles. The lowest BCUT2D eigenvalue weighted by Crippen LogP contribution is -2.43. The van der Waals surface area contributed by atoms with E-state index >= 15 is 0 Å². The van der Waals surface area contributed by atoms with Crippen LogP contribution in [0.3, 0.4) is 0 Å². The molecule has 0 spiro atoms. The van der Waals surface area contributed by atoms with E-state index < -0.39 is 11.7 Å². The van der Waals surface area contributed by atoms with Crippen molar-refractivity contribution in [1.29, 1.82) is 0 Å². The van der Waals surface area contributed by atoms with E-state index in [2.05, 4.69) is 15.9 Å². The van der Waals surface area contributed by atoms with Crippen LogP contribution < -0.4 is 5.73 Å². The minimum absolute atomic E-state index is 0.0302. The third kappa shape index (κ3) is 4.09. The fourth-order valence-corrected chi connectivity index (χ4v) is 4.20. The summed E-state index contributed by atoms with van der Waals surface area (Å²) in [7, 11) is 0. The average molecular weight is 383 g/mol. The monoisotopic (exact) mass is 382 g/mol. The van der Waals surface area contributed by atoms with Crippen molar-refractivity contribution in [2.75, 3.05) is 13.1 Å². The van der Waals surface area contributed by atoms with Gasteiger partial charge >= 0.3 is 6.18 Å². The summed E-state index contributed by atoms with van der Waals surface area (Å²) in [5.41, 5.74) is 5.80. The van der Waals surface area contributed by atoms with Gasteiger partial charge in [-0.15, -0.1) is 11.3 Å². The highest BCUT2D eigenvalue weighted by Crippen LogP contribution is 2.37. The molecule has 0 aromatic carbocycles. The molecule has 0 fully saturated rings. The second-order valence-corrected chi connectivity index (χ2v) is 7.63. The summed E-state index contributed by atoms with van der Waals surface area (Å²) in [5, 5.41) is 0. The van der Waals surface area contributed by atoms with Gasteiger partial charge in [-0.25, -0.2) is 0 Å². The Hall–Kier alpha value is -0.370. The second kappa shape index (κ2) is 6.81. The maximum Gasteiger partial charge on any atom is 0.412 e. The van der Waals surface area contributed by atoms with E-state index in [9.17, 15) is 13.2 Å². The zero-order valence-electron chi connectivity index (χ0n) is 11.7. The Kier molecular flexibility index (Phi) is 5.51. The minimum atomic E-state index is -4.21. The molecule has 0 bridgehead atoms. The molecule has 1 aromatic heterocycles. The van der Waals surface area contributed by atoms with Crippen molar-refractivity contribution in [2.24, 2.45) is 5.73 Å². The highest BCUT2D eigenvalue weighted by Gasteiger charge is 2.37. The second-order valence-electron chi connectivity index (χ2n) is 5.13. The first-order valence-electron chi connectivity index (χ1n) is 6.84. The molecule has 2 unspecified atom stereocenters. The lowest BCUT2D eigenvalue weighted by atomic mass is 9.99. The number of halogens is 4. The summed E-state index contributed by atoms with van der Waals surface area (Å²) in [6.07, 6.45) is -2.10. The summed E-state index contributed by atoms with van der Waals surface area (Å²) in [4.78, 5) is 3.14. The molecule has 0 radical (unpaired) electrons. The first-order valence-corrected chi connectivity index (χ1v) is 8.45. The molecule has 2 N–H and O–H groups in total. The fourth-order valence-electron chi connectivity index (χ4n) is 2.57. The Labute approximate surface area is 134 Å². The van der Waals surface area contributed by atoms with Gasteiger partial charge in [0.15, 0.2) is 0 Å². The smallest absolute Gasteiger partial charge is 0.326 e. The third-order valence-corrected chi connectivity index (χ3v) is 5.45. The summed E-state index contributed by atoms with van der Waals surface area (Å²) >= 11 is 5.02. The zero-order valence-corrected chi connectivity index (χ0v) is 14.1. The molecule has 2 nitrogen and oxygen atoms in total. The van der Waals surface area contributed by atoms with Gasteiger partial charge in [-0.1, -0.05) is 13.0 Å². The molecule has 2 atom stereocenters. The fraction of sp³-hybridized carbons (Fsp3) is 0.571. The predicted molar refractivity (Wildman–Crippen MR) is 83.4 cm³/mol. The van der Waals surface area contributed by atoms with Gasteiger partial charge in [0.2, 0.25) is 0 Å². The number of thiophene rings is 1. The third-order valence-electron chi connectivity index (χ3n) is 3.76. The molecule has 7 heteroatoms. The Morgan fingerprint density at radius 1 is 1.43 bits per heavy atom. The molecular weight excluding hydrogens is 365 g/mol. The predicted octanol–water partition coefficient (Wildman–Crippen LogP) is 4.48. The van der Waals surface area contributed by atoms with Gasteiger partial charge in [-0.3, -0.25) is 4.90 Å². The average Bonchev–Trinajstić information content (AvgIpc) is 2.84. The molecule has 1 aromatic rings. The molecule has 118 valence electrons. The quantitative estimate of drug-likeness (QED) is 0.777. The van der Waals surface area contributed by atoms with E-state index in [1.165, 1.54) is 6.08 Å². The van der Waals surface area contributed by atoms with Crippen LogP contribution in [-0.4, -0.2) is 30.2 Å². The van der Waals surface area contributed by atoms with Gasteiger partial charge in [-0.2, -0.15) is 13.2 Å². The number of nitrogens with two attached hydrogens (primary N) is 1. The van der Waals surface area contributed by atoms with Crippen LogP contribution in [0.1, 0.15) is 30.7 Å². The van der Waals surface area contributed by atoms with Gasteiger partial charge < -0.3 is 5.73 Å². The number of rotatable bonds is 4. The highest BCUT2D eigenvalue weighted by molar-refractivity contribution is 9.11. The summed E-state index contributed by atoms with van der Waals surface area (Å²) in [5.74, 6) is 0. The highest BCUT2D eigenvalue weighted by atomic mass is 79.9. The van der Waals surface area contributed by atoms with Crippen molar-refractivity contribution in [3.8, 4) is 0 Å². The summed E-state index contributed by atoms with van der Waals surface area (Å²) < 4.78 is 39.1. The van der Waals surface area contributed by atoms with Crippen LogP contribution in [0, 0.1) is 0 Å².